The van der Waals surface area contributed by atoms with Gasteiger partial charge in [-0.2, -0.15) is 0 Å². The smallest absolute Gasteiger partial charge is 0.271 e. The highest BCUT2D eigenvalue weighted by atomic mass is 32.2. The number of carbonyl (C=O) groups is 2. The molecule has 30 heavy (non-hydrogen) atoms. The molecule has 9 heteroatoms. The molecule has 1 atom stereocenters. The summed E-state index contributed by atoms with van der Waals surface area (Å²) in [5, 5.41) is 13.4. The zero-order valence-corrected chi connectivity index (χ0v) is 16.5. The summed E-state index contributed by atoms with van der Waals surface area (Å²) in [6, 6.07) is 16.7. The minimum Gasteiger partial charge on any atom is -0.468 e. The van der Waals surface area contributed by atoms with Crippen LogP contribution < -0.4 is 10.2 Å². The second kappa shape index (κ2) is 8.42. The Morgan fingerprint density at radius 2 is 2.03 bits per heavy atom. The molecular weight excluding hydrogens is 406 g/mol. The van der Waals surface area contributed by atoms with Gasteiger partial charge in [0.05, 0.1) is 22.1 Å². The number of anilines is 2. The zero-order chi connectivity index (χ0) is 21.1. The van der Waals surface area contributed by atoms with Crippen LogP contribution in [0.2, 0.25) is 0 Å². The van der Waals surface area contributed by atoms with Crippen molar-refractivity contribution in [1.29, 1.82) is 0 Å². The molecule has 3 aromatic rings. The van der Waals surface area contributed by atoms with E-state index >= 15 is 0 Å². The van der Waals surface area contributed by atoms with Crippen LogP contribution in [0, 0.1) is 10.1 Å². The van der Waals surface area contributed by atoms with Gasteiger partial charge >= 0.3 is 0 Å². The molecule has 0 radical (unpaired) electrons. The molecule has 2 amide bonds. The Morgan fingerprint density at radius 3 is 2.80 bits per heavy atom. The molecule has 0 saturated heterocycles. The molecule has 1 aliphatic rings. The van der Waals surface area contributed by atoms with E-state index in [0.29, 0.717) is 17.1 Å². The molecule has 0 saturated carbocycles. The molecule has 152 valence electrons. The summed E-state index contributed by atoms with van der Waals surface area (Å²) in [5.74, 6) is 0.0502. The lowest BCUT2D eigenvalue weighted by atomic mass is 10.2. The fourth-order valence-electron chi connectivity index (χ4n) is 3.23. The molecule has 1 N–H and O–H groups in total. The quantitative estimate of drug-likeness (QED) is 0.482. The van der Waals surface area contributed by atoms with Crippen LogP contribution in [0.3, 0.4) is 0 Å². The van der Waals surface area contributed by atoms with Crippen LogP contribution in [0.1, 0.15) is 17.4 Å². The number of benzene rings is 2. The van der Waals surface area contributed by atoms with Crippen LogP contribution in [-0.2, 0) is 9.59 Å². The molecule has 4 rings (SSSR count). The Labute approximate surface area is 176 Å². The van der Waals surface area contributed by atoms with Crippen LogP contribution in [0.15, 0.2) is 76.2 Å². The number of nitro benzene ring substituents is 1. The first-order chi connectivity index (χ1) is 14.5. The standard InChI is InChI=1S/C21H17N3O5S/c25-20(22-14-5-3-6-15(11-14)24(27)28)13-23-16-7-1-2-9-18(16)30-19(12-21(23)26)17-8-4-10-29-17/h1-11,19H,12-13H2,(H,22,25)/t19-/m1/s1. The molecule has 0 aliphatic carbocycles. The summed E-state index contributed by atoms with van der Waals surface area (Å²) >= 11 is 1.52. The first-order valence-electron chi connectivity index (χ1n) is 9.15. The number of nitrogens with zero attached hydrogens (tertiary/aromatic N) is 2. The predicted molar refractivity (Wildman–Crippen MR) is 112 cm³/mol. The number of hydrogen-bond donors (Lipinski definition) is 1. The van der Waals surface area contributed by atoms with Crippen molar-refractivity contribution >= 4 is 40.6 Å². The molecule has 8 nitrogen and oxygen atoms in total. The fourth-order valence-corrected chi connectivity index (χ4v) is 4.46. The number of carbonyl (C=O) groups excluding carboxylic acids is 2. The summed E-state index contributed by atoms with van der Waals surface area (Å²) < 4.78 is 5.49. The molecule has 2 heterocycles. The lowest BCUT2D eigenvalue weighted by molar-refractivity contribution is -0.384. The first kappa shape index (κ1) is 19.7. The average molecular weight is 423 g/mol. The van der Waals surface area contributed by atoms with Crippen LogP contribution in [-0.4, -0.2) is 23.3 Å². The maximum absolute atomic E-state index is 13.0. The molecule has 0 spiro atoms. The fraction of sp³-hybridized carbons (Fsp3) is 0.143. The van der Waals surface area contributed by atoms with Crippen molar-refractivity contribution in [2.45, 2.75) is 16.6 Å². The van der Waals surface area contributed by atoms with Crippen LogP contribution >= 0.6 is 11.8 Å². The Morgan fingerprint density at radius 1 is 1.20 bits per heavy atom. The van der Waals surface area contributed by atoms with E-state index in [1.807, 2.05) is 24.3 Å². The van der Waals surface area contributed by atoms with Crippen molar-refractivity contribution in [3.05, 3.63) is 82.8 Å². The third kappa shape index (κ3) is 4.20. The minimum atomic E-state index is -0.532. The summed E-state index contributed by atoms with van der Waals surface area (Å²) in [6.07, 6.45) is 1.75. The van der Waals surface area contributed by atoms with Crippen molar-refractivity contribution in [3.63, 3.8) is 0 Å². The third-order valence-corrected chi connectivity index (χ3v) is 5.87. The minimum absolute atomic E-state index is 0.123. The van der Waals surface area contributed by atoms with E-state index in [1.54, 1.807) is 24.5 Å². The van der Waals surface area contributed by atoms with Crippen LogP contribution in [0.5, 0.6) is 0 Å². The van der Waals surface area contributed by atoms with Gasteiger partial charge in [-0.05, 0) is 30.3 Å². The number of non-ortho nitro benzene ring substituents is 1. The maximum Gasteiger partial charge on any atom is 0.271 e. The summed E-state index contributed by atoms with van der Waals surface area (Å²) in [6.45, 7) is -0.204. The van der Waals surface area contributed by atoms with E-state index < -0.39 is 10.8 Å². The van der Waals surface area contributed by atoms with Gasteiger partial charge in [0.25, 0.3) is 5.69 Å². The normalized spacial score (nSPS) is 15.9. The van der Waals surface area contributed by atoms with Crippen LogP contribution in [0.25, 0.3) is 0 Å². The number of para-hydroxylation sites is 1. The van der Waals surface area contributed by atoms with Gasteiger partial charge in [0.1, 0.15) is 12.3 Å². The number of fused-ring (bicyclic) bond motifs is 1. The summed E-state index contributed by atoms with van der Waals surface area (Å²) in [4.78, 5) is 38.4. The SMILES string of the molecule is O=C(CN1C(=O)C[C@H](c2ccco2)Sc2ccccc21)Nc1cccc([N+](=O)[O-])c1. The Balaban J connectivity index is 1.56. The summed E-state index contributed by atoms with van der Waals surface area (Å²) in [7, 11) is 0. The molecule has 2 aromatic carbocycles. The van der Waals surface area contributed by atoms with Crippen molar-refractivity contribution in [2.24, 2.45) is 0 Å². The van der Waals surface area contributed by atoms with Crippen LogP contribution in [0.4, 0.5) is 17.1 Å². The van der Waals surface area contributed by atoms with Gasteiger partial charge in [0, 0.05) is 29.1 Å². The van der Waals surface area contributed by atoms with Crippen molar-refractivity contribution in [3.8, 4) is 0 Å². The highest BCUT2D eigenvalue weighted by molar-refractivity contribution is 7.99. The molecule has 0 bridgehead atoms. The third-order valence-electron chi connectivity index (χ3n) is 4.59. The van der Waals surface area contributed by atoms with Gasteiger partial charge < -0.3 is 14.6 Å². The van der Waals surface area contributed by atoms with E-state index in [9.17, 15) is 19.7 Å². The summed E-state index contributed by atoms with van der Waals surface area (Å²) in [5.41, 5.74) is 0.824. The lowest BCUT2D eigenvalue weighted by Crippen LogP contribution is -2.38. The molecule has 1 aliphatic heterocycles. The van der Waals surface area contributed by atoms with Crippen molar-refractivity contribution < 1.29 is 18.9 Å². The molecular formula is C21H17N3O5S. The van der Waals surface area contributed by atoms with Gasteiger partial charge in [0.15, 0.2) is 0 Å². The number of amides is 2. The number of hydrogen-bond acceptors (Lipinski definition) is 6. The molecule has 0 fully saturated rings. The Hall–Kier alpha value is -3.59. The first-order valence-corrected chi connectivity index (χ1v) is 10.0. The van der Waals surface area contributed by atoms with E-state index in [0.717, 1.165) is 4.90 Å². The lowest BCUT2D eigenvalue weighted by Gasteiger charge is -2.22. The van der Waals surface area contributed by atoms with Gasteiger partial charge in [-0.25, -0.2) is 0 Å². The average Bonchev–Trinajstić information content (AvgIpc) is 3.23. The number of rotatable bonds is 5. The monoisotopic (exact) mass is 423 g/mol. The second-order valence-electron chi connectivity index (χ2n) is 6.63. The number of nitrogens with one attached hydrogen (secondary N) is 1. The predicted octanol–water partition coefficient (Wildman–Crippen LogP) is 4.40. The van der Waals surface area contributed by atoms with E-state index in [1.165, 1.54) is 34.9 Å². The highest BCUT2D eigenvalue weighted by Gasteiger charge is 2.31. The van der Waals surface area contributed by atoms with Gasteiger partial charge in [-0.3, -0.25) is 19.7 Å². The maximum atomic E-state index is 13.0. The van der Waals surface area contributed by atoms with Gasteiger partial charge in [-0.1, -0.05) is 18.2 Å². The number of furan rings is 1. The number of thioether (sulfide) groups is 1. The highest BCUT2D eigenvalue weighted by Crippen LogP contribution is 2.45. The largest absolute Gasteiger partial charge is 0.468 e. The van der Waals surface area contributed by atoms with Crippen molar-refractivity contribution in [1.82, 2.24) is 0 Å². The molecule has 1 aromatic heterocycles. The second-order valence-corrected chi connectivity index (χ2v) is 7.87. The van der Waals surface area contributed by atoms with Crippen molar-refractivity contribution in [2.75, 3.05) is 16.8 Å². The van der Waals surface area contributed by atoms with Gasteiger partial charge in [0.2, 0.25) is 11.8 Å². The Kier molecular flexibility index (Phi) is 5.53. The Bertz CT molecular complexity index is 1100. The van der Waals surface area contributed by atoms with E-state index in [4.69, 9.17) is 4.42 Å². The van der Waals surface area contributed by atoms with E-state index in [2.05, 4.69) is 5.32 Å². The van der Waals surface area contributed by atoms with E-state index in [-0.39, 0.29) is 29.8 Å². The van der Waals surface area contributed by atoms with Gasteiger partial charge in [-0.15, -0.1) is 11.8 Å². The molecule has 0 unspecified atom stereocenters. The zero-order valence-electron chi connectivity index (χ0n) is 15.7. The topological polar surface area (TPSA) is 106 Å². The number of nitro groups is 1.